The Labute approximate surface area is 160 Å². The minimum atomic E-state index is -0.405. The van der Waals surface area contributed by atoms with Crippen LogP contribution in [0, 0.1) is 5.92 Å². The van der Waals surface area contributed by atoms with Crippen LogP contribution in [0.5, 0.6) is 0 Å². The molecule has 2 unspecified atom stereocenters. The van der Waals surface area contributed by atoms with Gasteiger partial charge in [0.2, 0.25) is 5.91 Å². The molecule has 3 aromatic carbocycles. The van der Waals surface area contributed by atoms with E-state index in [4.69, 9.17) is 0 Å². The first-order valence-corrected chi connectivity index (χ1v) is 9.53. The fourth-order valence-electron chi connectivity index (χ4n) is 3.48. The van der Waals surface area contributed by atoms with Crippen molar-refractivity contribution in [2.45, 2.75) is 24.9 Å². The van der Waals surface area contributed by atoms with Gasteiger partial charge in [-0.2, -0.15) is 0 Å². The Kier molecular flexibility index (Phi) is 5.31. The summed E-state index contributed by atoms with van der Waals surface area (Å²) in [4.78, 5) is 13.1. The second kappa shape index (κ2) is 8.19. The zero-order valence-corrected chi connectivity index (χ0v) is 15.2. The van der Waals surface area contributed by atoms with Crippen LogP contribution in [0.1, 0.15) is 36.1 Å². The van der Waals surface area contributed by atoms with Gasteiger partial charge in [0, 0.05) is 11.7 Å². The Morgan fingerprint density at radius 1 is 0.741 bits per heavy atom. The smallest absolute Gasteiger partial charge is 0.246 e. The molecular weight excluding hydrogens is 332 g/mol. The average molecular weight is 356 g/mol. The summed E-state index contributed by atoms with van der Waals surface area (Å²) in [6.07, 6.45) is 2.41. The molecule has 2 N–H and O–H groups in total. The number of rotatable bonds is 7. The van der Waals surface area contributed by atoms with Gasteiger partial charge in [-0.1, -0.05) is 78.9 Å². The van der Waals surface area contributed by atoms with Crippen molar-refractivity contribution in [1.82, 2.24) is 5.32 Å². The lowest BCUT2D eigenvalue weighted by molar-refractivity contribution is -0.118. The van der Waals surface area contributed by atoms with Crippen LogP contribution in [0.3, 0.4) is 0 Å². The molecule has 1 aliphatic carbocycles. The molecule has 3 nitrogen and oxygen atoms in total. The fraction of sp³-hybridized carbons (Fsp3) is 0.208. The highest BCUT2D eigenvalue weighted by Gasteiger charge is 2.35. The topological polar surface area (TPSA) is 41.1 Å². The fourth-order valence-corrected chi connectivity index (χ4v) is 3.48. The van der Waals surface area contributed by atoms with Gasteiger partial charge in [-0.15, -0.1) is 0 Å². The molecule has 0 saturated heterocycles. The monoisotopic (exact) mass is 356 g/mol. The molecule has 136 valence electrons. The second-order valence-corrected chi connectivity index (χ2v) is 7.09. The summed E-state index contributed by atoms with van der Waals surface area (Å²) in [7, 11) is 0. The largest absolute Gasteiger partial charge is 0.324 e. The van der Waals surface area contributed by atoms with Crippen molar-refractivity contribution in [3.8, 4) is 0 Å². The normalized spacial score (nSPS) is 15.7. The minimum absolute atomic E-state index is 0.0334. The average Bonchev–Trinajstić information content (AvgIpc) is 3.56. The summed E-state index contributed by atoms with van der Waals surface area (Å²) in [5.74, 6) is 0.553. The van der Waals surface area contributed by atoms with Gasteiger partial charge in [0.1, 0.15) is 6.04 Å². The summed E-state index contributed by atoms with van der Waals surface area (Å²) in [5.41, 5.74) is 3.04. The quantitative estimate of drug-likeness (QED) is 0.618. The maximum Gasteiger partial charge on any atom is 0.246 e. The number of nitrogens with one attached hydrogen (secondary N) is 2. The van der Waals surface area contributed by atoms with Gasteiger partial charge in [-0.3, -0.25) is 10.1 Å². The maximum atomic E-state index is 13.1. The highest BCUT2D eigenvalue weighted by atomic mass is 16.2. The van der Waals surface area contributed by atoms with E-state index in [2.05, 4.69) is 34.9 Å². The Morgan fingerprint density at radius 3 is 1.81 bits per heavy atom. The van der Waals surface area contributed by atoms with Gasteiger partial charge in [0.05, 0.1) is 0 Å². The molecule has 1 amide bonds. The summed E-state index contributed by atoms with van der Waals surface area (Å²) < 4.78 is 0. The van der Waals surface area contributed by atoms with E-state index in [9.17, 15) is 4.79 Å². The number of hydrogen-bond acceptors (Lipinski definition) is 2. The van der Waals surface area contributed by atoms with Crippen molar-refractivity contribution in [3.63, 3.8) is 0 Å². The number of benzene rings is 3. The molecule has 1 fully saturated rings. The third-order valence-electron chi connectivity index (χ3n) is 5.03. The highest BCUT2D eigenvalue weighted by molar-refractivity contribution is 5.95. The first-order chi connectivity index (χ1) is 13.3. The number of para-hydroxylation sites is 1. The van der Waals surface area contributed by atoms with Crippen LogP contribution in [0.2, 0.25) is 0 Å². The molecule has 4 rings (SSSR count). The van der Waals surface area contributed by atoms with Crippen molar-refractivity contribution in [3.05, 3.63) is 102 Å². The number of amides is 1. The molecule has 1 saturated carbocycles. The van der Waals surface area contributed by atoms with E-state index >= 15 is 0 Å². The van der Waals surface area contributed by atoms with E-state index in [1.54, 1.807) is 0 Å². The summed E-state index contributed by atoms with van der Waals surface area (Å²) in [6.45, 7) is 0. The Morgan fingerprint density at radius 2 is 1.26 bits per heavy atom. The van der Waals surface area contributed by atoms with Gasteiger partial charge in [0.25, 0.3) is 0 Å². The second-order valence-electron chi connectivity index (χ2n) is 7.09. The molecule has 0 aromatic heterocycles. The van der Waals surface area contributed by atoms with Gasteiger partial charge in [-0.25, -0.2) is 0 Å². The van der Waals surface area contributed by atoms with Crippen LogP contribution >= 0.6 is 0 Å². The van der Waals surface area contributed by atoms with Crippen LogP contribution in [-0.4, -0.2) is 5.91 Å². The number of hydrogen-bond donors (Lipinski definition) is 2. The van der Waals surface area contributed by atoms with Gasteiger partial charge in [0.15, 0.2) is 0 Å². The minimum Gasteiger partial charge on any atom is -0.324 e. The molecule has 1 aliphatic rings. The van der Waals surface area contributed by atoms with Crippen molar-refractivity contribution in [1.29, 1.82) is 0 Å². The standard InChI is InChI=1S/C24H24N2O/c27-24(25-21-14-8-3-9-15-21)23(19-12-6-2-7-13-19)26-22(20-16-17-20)18-10-4-1-5-11-18/h1-15,20,22-23,26H,16-17H2,(H,25,27). The lowest BCUT2D eigenvalue weighted by Crippen LogP contribution is -2.36. The number of carbonyl (C=O) groups excluding carboxylic acids is 1. The SMILES string of the molecule is O=C(Nc1ccccc1)C(NC(c1ccccc1)C1CC1)c1ccccc1. The predicted octanol–water partition coefficient (Wildman–Crippen LogP) is 5.11. The Bertz CT molecular complexity index is 861. The van der Waals surface area contributed by atoms with E-state index in [1.165, 1.54) is 18.4 Å². The van der Waals surface area contributed by atoms with E-state index < -0.39 is 6.04 Å². The molecule has 0 bridgehead atoms. The lowest BCUT2D eigenvalue weighted by Gasteiger charge is -2.26. The molecule has 0 heterocycles. The van der Waals surface area contributed by atoms with E-state index in [0.29, 0.717) is 5.92 Å². The van der Waals surface area contributed by atoms with Crippen molar-refractivity contribution in [2.75, 3.05) is 5.32 Å². The molecule has 0 spiro atoms. The van der Waals surface area contributed by atoms with E-state index in [1.807, 2.05) is 66.7 Å². The zero-order valence-electron chi connectivity index (χ0n) is 15.2. The van der Waals surface area contributed by atoms with Crippen LogP contribution in [0.4, 0.5) is 5.69 Å². The highest BCUT2D eigenvalue weighted by Crippen LogP contribution is 2.42. The predicted molar refractivity (Wildman–Crippen MR) is 109 cm³/mol. The van der Waals surface area contributed by atoms with Gasteiger partial charge >= 0.3 is 0 Å². The molecule has 27 heavy (non-hydrogen) atoms. The van der Waals surface area contributed by atoms with Crippen molar-refractivity contribution in [2.24, 2.45) is 5.92 Å². The van der Waals surface area contributed by atoms with Crippen molar-refractivity contribution < 1.29 is 4.79 Å². The van der Waals surface area contributed by atoms with Crippen LogP contribution in [-0.2, 0) is 4.79 Å². The summed E-state index contributed by atoms with van der Waals surface area (Å²) in [5, 5.41) is 6.71. The van der Waals surface area contributed by atoms with E-state index in [-0.39, 0.29) is 11.9 Å². The van der Waals surface area contributed by atoms with Crippen LogP contribution in [0.15, 0.2) is 91.0 Å². The first-order valence-electron chi connectivity index (χ1n) is 9.53. The molecule has 0 aliphatic heterocycles. The molecule has 3 heteroatoms. The third-order valence-corrected chi connectivity index (χ3v) is 5.03. The number of carbonyl (C=O) groups is 1. The van der Waals surface area contributed by atoms with Crippen LogP contribution in [0.25, 0.3) is 0 Å². The van der Waals surface area contributed by atoms with E-state index in [0.717, 1.165) is 11.3 Å². The van der Waals surface area contributed by atoms with Gasteiger partial charge in [-0.05, 0) is 42.0 Å². The summed E-state index contributed by atoms with van der Waals surface area (Å²) in [6, 6.07) is 29.8. The maximum absolute atomic E-state index is 13.1. The Hall–Kier alpha value is -2.91. The molecule has 2 atom stereocenters. The van der Waals surface area contributed by atoms with Crippen LogP contribution < -0.4 is 10.6 Å². The zero-order chi connectivity index (χ0) is 18.5. The molecule has 3 aromatic rings. The Balaban J connectivity index is 1.60. The number of anilines is 1. The first kappa shape index (κ1) is 17.5. The van der Waals surface area contributed by atoms with Gasteiger partial charge < -0.3 is 5.32 Å². The lowest BCUT2D eigenvalue weighted by atomic mass is 9.98. The summed E-state index contributed by atoms with van der Waals surface area (Å²) >= 11 is 0. The molecule has 0 radical (unpaired) electrons. The van der Waals surface area contributed by atoms with Crippen molar-refractivity contribution >= 4 is 11.6 Å². The third kappa shape index (κ3) is 4.44. The molecular formula is C24H24N2O.